The van der Waals surface area contributed by atoms with Crippen molar-refractivity contribution in [3.05, 3.63) is 54.2 Å². The molecule has 0 spiro atoms. The molecule has 11 nitrogen and oxygen atoms in total. The first-order valence-corrected chi connectivity index (χ1v) is 11.5. The molecule has 0 aliphatic rings. The maximum Gasteiger partial charge on any atom is 0.333 e. The topological polar surface area (TPSA) is 139 Å². The smallest absolute Gasteiger partial charge is 0.333 e. The van der Waals surface area contributed by atoms with Crippen LogP contribution in [0.3, 0.4) is 0 Å². The number of rotatable bonds is 6. The monoisotopic (exact) mass is 494 g/mol. The van der Waals surface area contributed by atoms with Gasteiger partial charge in [-0.1, -0.05) is 26.0 Å². The Bertz CT molecular complexity index is 1290. The van der Waals surface area contributed by atoms with Gasteiger partial charge in [0.2, 0.25) is 0 Å². The SMILES string of the molecule is CC(C)c1ccc(-c2cncnc2)cc1NC(=O)NS(=O)(=O)c1cc(C(=O)N(C)C)n(C)n1.[Na]. The average Bonchev–Trinajstić information content (AvgIpc) is 3.15. The number of sulfonamides is 1. The third kappa shape index (κ3) is 6.20. The summed E-state index contributed by atoms with van der Waals surface area (Å²) in [4.78, 5) is 34.1. The second-order valence-electron chi connectivity index (χ2n) is 7.83. The molecule has 0 bridgehead atoms. The van der Waals surface area contributed by atoms with E-state index in [0.717, 1.165) is 27.4 Å². The van der Waals surface area contributed by atoms with Crippen LogP contribution in [0.25, 0.3) is 11.1 Å². The molecule has 2 aromatic heterocycles. The fourth-order valence-corrected chi connectivity index (χ4v) is 4.02. The number of aromatic nitrogens is 4. The summed E-state index contributed by atoms with van der Waals surface area (Å²) in [5.41, 5.74) is 2.84. The summed E-state index contributed by atoms with van der Waals surface area (Å²) in [6.07, 6.45) is 4.69. The summed E-state index contributed by atoms with van der Waals surface area (Å²) in [6, 6.07) is 5.63. The van der Waals surface area contributed by atoms with Crippen LogP contribution in [0, 0.1) is 0 Å². The average molecular weight is 495 g/mol. The van der Waals surface area contributed by atoms with Gasteiger partial charge in [0, 0.05) is 80.4 Å². The van der Waals surface area contributed by atoms with E-state index in [4.69, 9.17) is 0 Å². The van der Waals surface area contributed by atoms with Gasteiger partial charge in [-0.15, -0.1) is 0 Å². The third-order valence-electron chi connectivity index (χ3n) is 4.80. The van der Waals surface area contributed by atoms with Gasteiger partial charge in [-0.25, -0.2) is 19.5 Å². The summed E-state index contributed by atoms with van der Waals surface area (Å²) in [5, 5.41) is 6.04. The van der Waals surface area contributed by atoms with Crippen LogP contribution in [0.2, 0.25) is 0 Å². The molecule has 2 heterocycles. The Balaban J connectivity index is 0.00000408. The molecule has 1 radical (unpaired) electrons. The molecular weight excluding hydrogens is 469 g/mol. The van der Waals surface area contributed by atoms with Crippen LogP contribution in [-0.4, -0.2) is 88.7 Å². The van der Waals surface area contributed by atoms with Crippen LogP contribution in [0.1, 0.15) is 35.8 Å². The summed E-state index contributed by atoms with van der Waals surface area (Å²) < 4.78 is 28.5. The van der Waals surface area contributed by atoms with Gasteiger partial charge >= 0.3 is 6.03 Å². The van der Waals surface area contributed by atoms with Gasteiger partial charge in [-0.05, 0) is 23.1 Å². The summed E-state index contributed by atoms with van der Waals surface area (Å²) in [6.45, 7) is 3.91. The molecule has 3 amide bonds. The first-order chi connectivity index (χ1) is 15.5. The zero-order chi connectivity index (χ0) is 24.3. The number of benzene rings is 1. The molecule has 0 saturated carbocycles. The number of urea groups is 1. The zero-order valence-electron chi connectivity index (χ0n) is 19.9. The Labute approximate surface area is 220 Å². The molecule has 0 saturated heterocycles. The van der Waals surface area contributed by atoms with Gasteiger partial charge in [-0.2, -0.15) is 13.5 Å². The van der Waals surface area contributed by atoms with Crippen molar-refractivity contribution in [2.45, 2.75) is 24.8 Å². The van der Waals surface area contributed by atoms with Crippen LogP contribution in [0.5, 0.6) is 0 Å². The van der Waals surface area contributed by atoms with E-state index in [0.29, 0.717) is 5.69 Å². The molecule has 0 atom stereocenters. The van der Waals surface area contributed by atoms with E-state index < -0.39 is 27.0 Å². The molecule has 175 valence electrons. The predicted octanol–water partition coefficient (Wildman–Crippen LogP) is 1.83. The third-order valence-corrected chi connectivity index (χ3v) is 6.01. The van der Waals surface area contributed by atoms with Crippen molar-refractivity contribution >= 4 is 57.2 Å². The second kappa shape index (κ2) is 11.1. The molecule has 0 aliphatic heterocycles. The van der Waals surface area contributed by atoms with E-state index >= 15 is 0 Å². The van der Waals surface area contributed by atoms with Gasteiger partial charge < -0.3 is 10.2 Å². The maximum absolute atomic E-state index is 12.7. The minimum Gasteiger partial charge on any atom is -0.343 e. The zero-order valence-corrected chi connectivity index (χ0v) is 22.7. The van der Waals surface area contributed by atoms with E-state index in [2.05, 4.69) is 20.4 Å². The minimum atomic E-state index is -4.32. The number of carbonyl (C=O) groups excluding carboxylic acids is 2. The van der Waals surface area contributed by atoms with Crippen molar-refractivity contribution in [2.24, 2.45) is 7.05 Å². The second-order valence-corrected chi connectivity index (χ2v) is 9.46. The number of hydrogen-bond acceptors (Lipinski definition) is 7. The van der Waals surface area contributed by atoms with Crippen molar-refractivity contribution in [3.8, 4) is 11.1 Å². The number of anilines is 1. The van der Waals surface area contributed by atoms with Gasteiger partial charge in [0.25, 0.3) is 15.9 Å². The van der Waals surface area contributed by atoms with E-state index in [1.807, 2.05) is 30.7 Å². The van der Waals surface area contributed by atoms with Crippen LogP contribution < -0.4 is 10.0 Å². The molecule has 2 N–H and O–H groups in total. The minimum absolute atomic E-state index is 0. The molecule has 3 aromatic rings. The molecule has 3 rings (SSSR count). The molecule has 0 unspecified atom stereocenters. The first-order valence-electron chi connectivity index (χ1n) is 9.98. The Hall–Kier alpha value is -2.80. The number of hydrogen-bond donors (Lipinski definition) is 2. The van der Waals surface area contributed by atoms with E-state index in [9.17, 15) is 18.0 Å². The Morgan fingerprint density at radius 2 is 1.71 bits per heavy atom. The largest absolute Gasteiger partial charge is 0.343 e. The van der Waals surface area contributed by atoms with Gasteiger partial charge in [0.15, 0.2) is 5.03 Å². The van der Waals surface area contributed by atoms with Crippen molar-refractivity contribution in [1.82, 2.24) is 29.4 Å². The maximum atomic E-state index is 12.7. The van der Waals surface area contributed by atoms with Crippen LogP contribution in [0.15, 0.2) is 48.0 Å². The van der Waals surface area contributed by atoms with Crippen LogP contribution in [0.4, 0.5) is 10.5 Å². The molecule has 1 aromatic carbocycles. The van der Waals surface area contributed by atoms with Crippen molar-refractivity contribution in [3.63, 3.8) is 0 Å². The predicted molar refractivity (Wildman–Crippen MR) is 128 cm³/mol. The van der Waals surface area contributed by atoms with Crippen molar-refractivity contribution in [2.75, 3.05) is 19.4 Å². The van der Waals surface area contributed by atoms with E-state index in [-0.39, 0.29) is 41.2 Å². The van der Waals surface area contributed by atoms with Crippen molar-refractivity contribution in [1.29, 1.82) is 0 Å². The first kappa shape index (κ1) is 27.4. The number of nitrogens with zero attached hydrogens (tertiary/aromatic N) is 5. The fourth-order valence-electron chi connectivity index (χ4n) is 3.12. The Morgan fingerprint density at radius 1 is 1.06 bits per heavy atom. The molecular formula is C21H25N7NaO4S. The van der Waals surface area contributed by atoms with Crippen molar-refractivity contribution < 1.29 is 18.0 Å². The van der Waals surface area contributed by atoms with E-state index in [1.54, 1.807) is 18.5 Å². The Kier molecular flexibility index (Phi) is 8.95. The fraction of sp³-hybridized carbons (Fsp3) is 0.286. The summed E-state index contributed by atoms with van der Waals surface area (Å²) in [5.74, 6) is -0.354. The Morgan fingerprint density at radius 3 is 2.29 bits per heavy atom. The van der Waals surface area contributed by atoms with Gasteiger partial charge in [0.05, 0.1) is 0 Å². The van der Waals surface area contributed by atoms with Gasteiger partial charge in [0.1, 0.15) is 12.0 Å². The number of nitrogens with one attached hydrogen (secondary N) is 2. The summed E-state index contributed by atoms with van der Waals surface area (Å²) >= 11 is 0. The number of aryl methyl sites for hydroxylation is 1. The van der Waals surface area contributed by atoms with E-state index in [1.165, 1.54) is 32.4 Å². The van der Waals surface area contributed by atoms with Crippen LogP contribution in [-0.2, 0) is 17.1 Å². The molecule has 34 heavy (non-hydrogen) atoms. The molecule has 0 aliphatic carbocycles. The normalized spacial score (nSPS) is 11.0. The number of carbonyl (C=O) groups is 2. The van der Waals surface area contributed by atoms with Crippen LogP contribution >= 0.6 is 0 Å². The standard InChI is InChI=1S/C21H25N7O4S.Na/c1-13(2)16-7-6-14(15-10-22-12-23-11-15)8-17(16)24-21(30)26-33(31,32)19-9-18(28(5)25-19)20(29)27(3)4;/h6-13H,1-5H3,(H2,24,26,30);. The quantitative estimate of drug-likeness (QED) is 0.499. The van der Waals surface area contributed by atoms with Gasteiger partial charge in [-0.3, -0.25) is 9.48 Å². The number of amides is 3. The molecule has 13 heteroatoms. The molecule has 0 fully saturated rings. The summed E-state index contributed by atoms with van der Waals surface area (Å²) in [7, 11) is 0.205.